The van der Waals surface area contributed by atoms with Gasteiger partial charge in [0.1, 0.15) is 0 Å². The van der Waals surface area contributed by atoms with Crippen molar-refractivity contribution in [3.8, 4) is 62.1 Å². The van der Waals surface area contributed by atoms with E-state index in [2.05, 4.69) is 172 Å². The predicted molar refractivity (Wildman–Crippen MR) is 239 cm³/mol. The van der Waals surface area contributed by atoms with Gasteiger partial charge in [0, 0.05) is 33.2 Å². The van der Waals surface area contributed by atoms with Gasteiger partial charge >= 0.3 is 0 Å². The molecule has 2 aromatic heterocycles. The minimum Gasteiger partial charge on any atom is -0.309 e. The molecule has 0 saturated heterocycles. The van der Waals surface area contributed by atoms with Gasteiger partial charge in [-0.25, -0.2) is 15.0 Å². The van der Waals surface area contributed by atoms with Gasteiger partial charge in [-0.2, -0.15) is 0 Å². The SMILES string of the molecule is CC1(C)CCC(C)(C)c2cc3c(cc21)c1ccccc1n3-c1ccc(-c2nc(-c3ccccc3)nc(-c3ccc(-c4ccc5c(c4)Cc4ccccc4-5)cc3)n2)cc1. The molecule has 2 heterocycles. The molecule has 0 amide bonds. The fraction of sp³-hybridized carbons (Fsp3) is 0.167. The van der Waals surface area contributed by atoms with E-state index in [1.165, 1.54) is 79.2 Å². The van der Waals surface area contributed by atoms with Crippen LogP contribution in [0.1, 0.15) is 62.8 Å². The molecule has 0 fully saturated rings. The first-order chi connectivity index (χ1) is 28.2. The number of hydrogen-bond acceptors (Lipinski definition) is 3. The Balaban J connectivity index is 0.976. The minimum atomic E-state index is 0.117. The lowest BCUT2D eigenvalue weighted by Crippen LogP contribution is -2.33. The summed E-state index contributed by atoms with van der Waals surface area (Å²) in [5.41, 5.74) is 17.5. The Kier molecular flexibility index (Phi) is 7.72. The third-order valence-corrected chi connectivity index (χ3v) is 13.0. The number of para-hydroxylation sites is 1. The van der Waals surface area contributed by atoms with Crippen LogP contribution in [-0.2, 0) is 17.3 Å². The molecule has 11 rings (SSSR count). The molecule has 0 saturated carbocycles. The Bertz CT molecular complexity index is 3060. The fourth-order valence-electron chi connectivity index (χ4n) is 9.55. The molecule has 4 nitrogen and oxygen atoms in total. The molecule has 0 unspecified atom stereocenters. The topological polar surface area (TPSA) is 43.6 Å². The number of fused-ring (bicyclic) bond motifs is 7. The van der Waals surface area contributed by atoms with Gasteiger partial charge in [-0.1, -0.05) is 143 Å². The Morgan fingerprint density at radius 1 is 0.414 bits per heavy atom. The van der Waals surface area contributed by atoms with Crippen molar-refractivity contribution in [1.29, 1.82) is 0 Å². The van der Waals surface area contributed by atoms with Crippen molar-refractivity contribution in [2.75, 3.05) is 0 Å². The Morgan fingerprint density at radius 3 is 1.66 bits per heavy atom. The van der Waals surface area contributed by atoms with Gasteiger partial charge < -0.3 is 4.57 Å². The monoisotopic (exact) mass is 748 g/mol. The summed E-state index contributed by atoms with van der Waals surface area (Å²) in [5.74, 6) is 1.96. The maximum Gasteiger partial charge on any atom is 0.164 e. The molecule has 0 atom stereocenters. The summed E-state index contributed by atoms with van der Waals surface area (Å²) in [7, 11) is 0. The maximum absolute atomic E-state index is 5.11. The third-order valence-electron chi connectivity index (χ3n) is 13.0. The number of aromatic nitrogens is 4. The predicted octanol–water partition coefficient (Wildman–Crippen LogP) is 13.6. The molecule has 280 valence electrons. The first kappa shape index (κ1) is 34.6. The van der Waals surface area contributed by atoms with Crippen LogP contribution in [0.25, 0.3) is 83.9 Å². The van der Waals surface area contributed by atoms with Crippen LogP contribution in [0.15, 0.2) is 158 Å². The summed E-state index contributed by atoms with van der Waals surface area (Å²) < 4.78 is 2.43. The van der Waals surface area contributed by atoms with Gasteiger partial charge in [0.2, 0.25) is 0 Å². The molecule has 0 radical (unpaired) electrons. The fourth-order valence-corrected chi connectivity index (χ4v) is 9.55. The summed E-state index contributed by atoms with van der Waals surface area (Å²) >= 11 is 0. The van der Waals surface area contributed by atoms with Gasteiger partial charge in [0.05, 0.1) is 11.0 Å². The molecule has 9 aromatic rings. The first-order valence-electron chi connectivity index (χ1n) is 20.5. The lowest BCUT2D eigenvalue weighted by atomic mass is 9.63. The lowest BCUT2D eigenvalue weighted by molar-refractivity contribution is 0.332. The van der Waals surface area contributed by atoms with Crippen molar-refractivity contribution in [3.05, 3.63) is 180 Å². The first-order valence-corrected chi connectivity index (χ1v) is 20.5. The van der Waals surface area contributed by atoms with Gasteiger partial charge in [-0.3, -0.25) is 0 Å². The lowest BCUT2D eigenvalue weighted by Gasteiger charge is -2.42. The standard InChI is InChI=1S/C54H44N4/c1-53(2)28-29-54(3,4)47-33-49-45(32-46(47)53)44-16-10-11-17-48(44)58(49)41-25-22-37(23-26-41)52-56-50(35-12-6-5-7-13-35)55-51(57-52)36-20-18-34(19-21-36)38-24-27-43-40(30-38)31-39-14-8-9-15-42(39)43/h5-27,30,32-33H,28-29,31H2,1-4H3. The number of nitrogens with zero attached hydrogens (tertiary/aromatic N) is 4. The van der Waals surface area contributed by atoms with Crippen LogP contribution in [-0.4, -0.2) is 19.5 Å². The van der Waals surface area contributed by atoms with E-state index in [1.54, 1.807) is 0 Å². The molecule has 0 spiro atoms. The van der Waals surface area contributed by atoms with E-state index in [4.69, 9.17) is 15.0 Å². The van der Waals surface area contributed by atoms with Gasteiger partial charge in [-0.15, -0.1) is 0 Å². The summed E-state index contributed by atoms with van der Waals surface area (Å²) in [6.07, 6.45) is 3.35. The van der Waals surface area contributed by atoms with E-state index in [9.17, 15) is 0 Å². The molecule has 2 aliphatic rings. The molecule has 0 aliphatic heterocycles. The van der Waals surface area contributed by atoms with Crippen LogP contribution in [0.3, 0.4) is 0 Å². The molecular weight excluding hydrogens is 705 g/mol. The Morgan fingerprint density at radius 2 is 0.948 bits per heavy atom. The zero-order valence-corrected chi connectivity index (χ0v) is 33.4. The highest BCUT2D eigenvalue weighted by Crippen LogP contribution is 2.48. The van der Waals surface area contributed by atoms with Crippen LogP contribution in [0.2, 0.25) is 0 Å². The average Bonchev–Trinajstić information content (AvgIpc) is 3.80. The normalized spacial score (nSPS) is 15.0. The second-order valence-electron chi connectivity index (χ2n) is 17.5. The van der Waals surface area contributed by atoms with E-state index in [-0.39, 0.29) is 10.8 Å². The molecule has 0 N–H and O–H groups in total. The molecule has 58 heavy (non-hydrogen) atoms. The highest BCUT2D eigenvalue weighted by atomic mass is 15.0. The Labute approximate surface area is 339 Å². The van der Waals surface area contributed by atoms with Gasteiger partial charge in [-0.05, 0) is 117 Å². The van der Waals surface area contributed by atoms with Crippen molar-refractivity contribution in [3.63, 3.8) is 0 Å². The van der Waals surface area contributed by atoms with Crippen LogP contribution in [0.5, 0.6) is 0 Å². The largest absolute Gasteiger partial charge is 0.309 e. The Hall–Kier alpha value is -6.65. The smallest absolute Gasteiger partial charge is 0.164 e. The molecule has 2 aliphatic carbocycles. The zero-order chi connectivity index (χ0) is 39.2. The average molecular weight is 749 g/mol. The van der Waals surface area contributed by atoms with E-state index in [1.807, 2.05) is 18.2 Å². The summed E-state index contributed by atoms with van der Waals surface area (Å²) in [4.78, 5) is 15.2. The van der Waals surface area contributed by atoms with Crippen molar-refractivity contribution >= 4 is 21.8 Å². The highest BCUT2D eigenvalue weighted by Gasteiger charge is 2.38. The van der Waals surface area contributed by atoms with Crippen LogP contribution in [0, 0.1) is 0 Å². The second-order valence-corrected chi connectivity index (χ2v) is 17.5. The molecular formula is C54H44N4. The second kappa shape index (κ2) is 12.9. The van der Waals surface area contributed by atoms with Crippen LogP contribution < -0.4 is 0 Å². The van der Waals surface area contributed by atoms with E-state index in [0.717, 1.165) is 28.8 Å². The van der Waals surface area contributed by atoms with Gasteiger partial charge in [0.25, 0.3) is 0 Å². The number of rotatable bonds is 5. The quantitative estimate of drug-likeness (QED) is 0.176. The number of hydrogen-bond donors (Lipinski definition) is 0. The van der Waals surface area contributed by atoms with Crippen molar-refractivity contribution in [1.82, 2.24) is 19.5 Å². The molecule has 0 bridgehead atoms. The number of benzene rings is 7. The third kappa shape index (κ3) is 5.61. The van der Waals surface area contributed by atoms with E-state index < -0.39 is 0 Å². The van der Waals surface area contributed by atoms with Crippen molar-refractivity contribution < 1.29 is 0 Å². The molecule has 7 aromatic carbocycles. The van der Waals surface area contributed by atoms with E-state index in [0.29, 0.717) is 17.5 Å². The zero-order valence-electron chi connectivity index (χ0n) is 33.4. The summed E-state index contributed by atoms with van der Waals surface area (Å²) in [6, 6.07) is 57.0. The van der Waals surface area contributed by atoms with Crippen LogP contribution in [0.4, 0.5) is 0 Å². The maximum atomic E-state index is 5.11. The molecule has 4 heteroatoms. The van der Waals surface area contributed by atoms with Crippen molar-refractivity contribution in [2.24, 2.45) is 0 Å². The summed E-state index contributed by atoms with van der Waals surface area (Å²) in [5, 5.41) is 2.59. The highest BCUT2D eigenvalue weighted by molar-refractivity contribution is 6.10. The summed E-state index contributed by atoms with van der Waals surface area (Å²) in [6.45, 7) is 9.63. The minimum absolute atomic E-state index is 0.117. The van der Waals surface area contributed by atoms with Gasteiger partial charge in [0.15, 0.2) is 17.5 Å². The van der Waals surface area contributed by atoms with Crippen LogP contribution >= 0.6 is 0 Å². The van der Waals surface area contributed by atoms with E-state index >= 15 is 0 Å². The van der Waals surface area contributed by atoms with Crippen molar-refractivity contribution in [2.45, 2.75) is 57.8 Å².